The van der Waals surface area contributed by atoms with Gasteiger partial charge in [0.05, 0.1) is 0 Å². The van der Waals surface area contributed by atoms with Crippen LogP contribution in [-0.4, -0.2) is 38.3 Å². The molecule has 0 amide bonds. The van der Waals surface area contributed by atoms with E-state index in [4.69, 9.17) is 3.83 Å². The quantitative estimate of drug-likeness (QED) is 0.263. The Morgan fingerprint density at radius 2 is 0.375 bits per heavy atom. The topological polar surface area (TPSA) is 238 Å². The van der Waals surface area contributed by atoms with E-state index < -0.39 is 0 Å². The first-order valence-corrected chi connectivity index (χ1v) is 0.508. The fraction of sp³-hybridized carbons (Fsp3) is 1.00. The Balaban J connectivity index is -0.0000000000549. The maximum atomic E-state index is 7.81. The summed E-state index contributed by atoms with van der Waals surface area (Å²) >= 11 is 2.94. The molecule has 0 rings (SSSR count). The molecular weight excluding hydrogens is 533 g/mol. The molecule has 16 heavy (non-hydrogen) atoms. The molecule has 5 radical (unpaired) electrons. The van der Waals surface area contributed by atoms with Gasteiger partial charge in [0, 0.05) is 85.3 Å². The summed E-state index contributed by atoms with van der Waals surface area (Å²) in [6.07, 6.45) is 0. The molecule has 0 saturated heterocycles. The van der Waals surface area contributed by atoms with Crippen LogP contribution in [0.4, 0.5) is 0 Å². The summed E-state index contributed by atoms with van der Waals surface area (Å²) in [5.41, 5.74) is 0. The fourth-order valence-electron chi connectivity index (χ4n) is 0. The normalized spacial score (nSPS) is 0.375. The minimum atomic E-state index is 0. The Kier molecular flexibility index (Phi) is 19200. The summed E-state index contributed by atoms with van der Waals surface area (Å²) in [6, 6.07) is 0. The molecule has 0 aliphatic heterocycles. The third-order valence-electron chi connectivity index (χ3n) is 0. The Bertz CT molecular complexity index is 22.5. The Hall–Kier alpha value is 2.64. The van der Waals surface area contributed by atoms with Crippen LogP contribution in [0.15, 0.2) is 0 Å². The van der Waals surface area contributed by atoms with Gasteiger partial charge in [-0.2, -0.15) is 0 Å². The number of hydrogen-bond acceptors (Lipinski definition) is 1. The molecule has 0 bridgehead atoms. The fourth-order valence-corrected chi connectivity index (χ4v) is 0. The van der Waals surface area contributed by atoms with E-state index in [1.54, 1.807) is 0 Å². The zero-order valence-corrected chi connectivity index (χ0v) is 11.4. The van der Waals surface area contributed by atoms with Crippen molar-refractivity contribution in [2.45, 2.75) is 14.9 Å². The Morgan fingerprint density at radius 1 is 0.375 bits per heavy atom. The summed E-state index contributed by atoms with van der Waals surface area (Å²) < 4.78 is 7.81. The SMILES string of the molecule is C.C.O.O.O.O.O.O.O.[Cu].[Cu].[Cu].[Cu].[Cu].[O]=[Cu]. The van der Waals surface area contributed by atoms with Crippen molar-refractivity contribution >= 4 is 0 Å². The van der Waals surface area contributed by atoms with Crippen molar-refractivity contribution in [3.05, 3.63) is 0 Å². The molecule has 0 fully saturated rings. The molecule has 0 aromatic carbocycles. The molecule has 0 saturated carbocycles. The third-order valence-corrected chi connectivity index (χ3v) is 0. The second-order valence-electron chi connectivity index (χ2n) is 0. The molecule has 0 aliphatic carbocycles. The van der Waals surface area contributed by atoms with Crippen LogP contribution in [0.1, 0.15) is 14.9 Å². The standard InChI is InChI=1S/2CH4.6Cu.7H2O.O/h2*1H4;;;;;;;7*1H2;. The van der Waals surface area contributed by atoms with Crippen LogP contribution in [0.2, 0.25) is 0 Å². The van der Waals surface area contributed by atoms with Crippen LogP contribution in [0.5, 0.6) is 0 Å². The second kappa shape index (κ2) is 702. The van der Waals surface area contributed by atoms with Gasteiger partial charge in [-0.25, -0.2) is 0 Å². The summed E-state index contributed by atoms with van der Waals surface area (Å²) in [5.74, 6) is 0. The first-order chi connectivity index (χ1) is 1.00. The molecule has 0 heterocycles. The van der Waals surface area contributed by atoms with Crippen molar-refractivity contribution in [2.24, 2.45) is 0 Å². The van der Waals surface area contributed by atoms with E-state index in [0.717, 1.165) is 0 Å². The van der Waals surface area contributed by atoms with Crippen LogP contribution in [-0.2, 0) is 105 Å². The van der Waals surface area contributed by atoms with Crippen LogP contribution in [0, 0.1) is 0 Å². The van der Waals surface area contributed by atoms with Crippen molar-refractivity contribution in [3.63, 3.8) is 0 Å². The third kappa shape index (κ3) is 585. The molecular formula is C2H22Cu6O8. The van der Waals surface area contributed by atoms with E-state index in [1.807, 2.05) is 0 Å². The number of hydrogen-bond donors (Lipinski definition) is 0. The van der Waals surface area contributed by atoms with Gasteiger partial charge in [-0.15, -0.1) is 0 Å². The zero-order chi connectivity index (χ0) is 2.00. The summed E-state index contributed by atoms with van der Waals surface area (Å²) in [5, 5.41) is 0. The van der Waals surface area contributed by atoms with Gasteiger partial charge in [-0.1, -0.05) is 14.9 Å². The van der Waals surface area contributed by atoms with E-state index >= 15 is 0 Å². The molecule has 0 spiro atoms. The summed E-state index contributed by atoms with van der Waals surface area (Å²) in [7, 11) is 0. The van der Waals surface area contributed by atoms with Gasteiger partial charge >= 0.3 is 19.8 Å². The van der Waals surface area contributed by atoms with Gasteiger partial charge in [-0.3, -0.25) is 0 Å². The van der Waals surface area contributed by atoms with E-state index in [-0.39, 0.29) is 139 Å². The van der Waals surface area contributed by atoms with Gasteiger partial charge in [-0.05, 0) is 0 Å². The minimum absolute atomic E-state index is 0. The van der Waals surface area contributed by atoms with Crippen molar-refractivity contribution in [2.75, 3.05) is 0 Å². The van der Waals surface area contributed by atoms with Gasteiger partial charge in [0.2, 0.25) is 0 Å². The van der Waals surface area contributed by atoms with Crippen molar-refractivity contribution in [1.29, 1.82) is 0 Å². The second-order valence-corrected chi connectivity index (χ2v) is 0. The van der Waals surface area contributed by atoms with E-state index in [1.165, 1.54) is 0 Å². The van der Waals surface area contributed by atoms with Crippen LogP contribution >= 0.6 is 0 Å². The van der Waals surface area contributed by atoms with Crippen LogP contribution in [0.3, 0.4) is 0 Å². The van der Waals surface area contributed by atoms with Gasteiger partial charge in [0.15, 0.2) is 0 Å². The summed E-state index contributed by atoms with van der Waals surface area (Å²) in [6.45, 7) is 0. The molecule has 8 nitrogen and oxygen atoms in total. The van der Waals surface area contributed by atoms with Gasteiger partial charge < -0.3 is 38.3 Å². The number of rotatable bonds is 0. The monoisotopic (exact) mass is 552 g/mol. The van der Waals surface area contributed by atoms with Crippen molar-refractivity contribution in [1.82, 2.24) is 0 Å². The molecule has 0 atom stereocenters. The molecule has 14 heteroatoms. The molecule has 0 aliphatic rings. The predicted molar refractivity (Wildman–Crippen MR) is 39.4 cm³/mol. The first kappa shape index (κ1) is 438. The average Bonchev–Trinajstić information content (AvgIpc) is 1.00. The predicted octanol–water partition coefficient (Wildman–Crippen LogP) is -4.63. The van der Waals surface area contributed by atoms with E-state index in [2.05, 4.69) is 15.9 Å². The molecule has 0 unspecified atom stereocenters. The maximum absolute atomic E-state index is 7.81. The van der Waals surface area contributed by atoms with Gasteiger partial charge in [0.1, 0.15) is 0 Å². The zero-order valence-electron chi connectivity index (χ0n) is 5.72. The van der Waals surface area contributed by atoms with Crippen LogP contribution in [0.25, 0.3) is 0 Å². The van der Waals surface area contributed by atoms with Crippen molar-refractivity contribution < 1.29 is 143 Å². The summed E-state index contributed by atoms with van der Waals surface area (Å²) in [4.78, 5) is 0. The molecule has 0 aromatic heterocycles. The molecule has 0 aromatic rings. The Labute approximate surface area is 157 Å². The van der Waals surface area contributed by atoms with E-state index in [0.29, 0.717) is 0 Å². The van der Waals surface area contributed by atoms with Crippen molar-refractivity contribution in [3.8, 4) is 0 Å². The average molecular weight is 555 g/mol. The molecule has 14 N–H and O–H groups in total. The Morgan fingerprint density at radius 3 is 0.375 bits per heavy atom. The first-order valence-electron chi connectivity index (χ1n) is 0.123. The molecule has 144 valence electrons. The van der Waals surface area contributed by atoms with Gasteiger partial charge in [0.25, 0.3) is 0 Å². The van der Waals surface area contributed by atoms with Crippen LogP contribution < -0.4 is 0 Å². The van der Waals surface area contributed by atoms with E-state index in [9.17, 15) is 0 Å².